The second-order valence-corrected chi connectivity index (χ2v) is 8.81. The van der Waals surface area contributed by atoms with E-state index in [9.17, 15) is 14.0 Å². The van der Waals surface area contributed by atoms with Crippen molar-refractivity contribution in [1.29, 1.82) is 0 Å². The summed E-state index contributed by atoms with van der Waals surface area (Å²) in [6.45, 7) is 2.61. The van der Waals surface area contributed by atoms with Crippen molar-refractivity contribution in [2.45, 2.75) is 13.5 Å². The molecule has 6 nitrogen and oxygen atoms in total. The molecule has 4 rings (SSSR count). The maximum Gasteiger partial charge on any atom is 0.293 e. The van der Waals surface area contributed by atoms with Crippen molar-refractivity contribution in [2.24, 2.45) is 0 Å². The number of hydrogen-bond donors (Lipinski definition) is 0. The molecular formula is C27H24FNO5S. The van der Waals surface area contributed by atoms with Crippen LogP contribution in [0.3, 0.4) is 0 Å². The molecule has 3 aromatic carbocycles. The molecule has 1 fully saturated rings. The van der Waals surface area contributed by atoms with Crippen LogP contribution in [0, 0.1) is 12.7 Å². The SMILES string of the molecule is COc1cc(/C=C2\SC(=O)N(CCOc3ccc(C)cc3)C2=O)ccc1OCc1ccc(F)cc1. The summed E-state index contributed by atoms with van der Waals surface area (Å²) in [6.07, 6.45) is 1.65. The molecular weight excluding hydrogens is 469 g/mol. The molecule has 0 aromatic heterocycles. The van der Waals surface area contributed by atoms with E-state index in [2.05, 4.69) is 0 Å². The number of thioether (sulfide) groups is 1. The largest absolute Gasteiger partial charge is 0.493 e. The third kappa shape index (κ3) is 6.22. The number of hydrogen-bond acceptors (Lipinski definition) is 6. The van der Waals surface area contributed by atoms with Crippen molar-refractivity contribution in [3.05, 3.63) is 94.1 Å². The Labute approximate surface area is 207 Å². The molecule has 180 valence electrons. The number of methoxy groups -OCH3 is 1. The van der Waals surface area contributed by atoms with Crippen LogP contribution in [0.5, 0.6) is 17.2 Å². The molecule has 1 aliphatic rings. The third-order valence-corrected chi connectivity index (χ3v) is 6.18. The first-order valence-corrected chi connectivity index (χ1v) is 11.7. The van der Waals surface area contributed by atoms with Crippen LogP contribution in [0.4, 0.5) is 9.18 Å². The highest BCUT2D eigenvalue weighted by Gasteiger charge is 2.34. The number of aryl methyl sites for hydroxylation is 1. The van der Waals surface area contributed by atoms with E-state index in [4.69, 9.17) is 14.2 Å². The van der Waals surface area contributed by atoms with Crippen LogP contribution in [0.2, 0.25) is 0 Å². The lowest BCUT2D eigenvalue weighted by Crippen LogP contribution is -2.32. The minimum absolute atomic E-state index is 0.162. The normalized spacial score (nSPS) is 14.5. The highest BCUT2D eigenvalue weighted by molar-refractivity contribution is 8.18. The fourth-order valence-corrected chi connectivity index (χ4v) is 4.23. The summed E-state index contributed by atoms with van der Waals surface area (Å²) in [5.74, 6) is 1.01. The Morgan fingerprint density at radius 2 is 1.69 bits per heavy atom. The molecule has 1 saturated heterocycles. The van der Waals surface area contributed by atoms with Crippen LogP contribution < -0.4 is 14.2 Å². The zero-order valence-corrected chi connectivity index (χ0v) is 20.1. The number of rotatable bonds is 9. The van der Waals surface area contributed by atoms with Gasteiger partial charge in [0.2, 0.25) is 0 Å². The van der Waals surface area contributed by atoms with E-state index in [1.54, 1.807) is 36.4 Å². The zero-order valence-electron chi connectivity index (χ0n) is 19.3. The minimum atomic E-state index is -0.358. The topological polar surface area (TPSA) is 65.1 Å². The van der Waals surface area contributed by atoms with Gasteiger partial charge in [-0.1, -0.05) is 35.9 Å². The Hall–Kier alpha value is -3.78. The first-order chi connectivity index (χ1) is 16.9. The van der Waals surface area contributed by atoms with Crippen molar-refractivity contribution in [3.63, 3.8) is 0 Å². The molecule has 0 spiro atoms. The summed E-state index contributed by atoms with van der Waals surface area (Å²) >= 11 is 0.891. The number of amides is 2. The average molecular weight is 494 g/mol. The van der Waals surface area contributed by atoms with Gasteiger partial charge in [0.15, 0.2) is 11.5 Å². The highest BCUT2D eigenvalue weighted by atomic mass is 32.2. The summed E-state index contributed by atoms with van der Waals surface area (Å²) in [4.78, 5) is 26.7. The van der Waals surface area contributed by atoms with E-state index in [0.717, 1.165) is 22.9 Å². The number of ether oxygens (including phenoxy) is 3. The Morgan fingerprint density at radius 3 is 2.40 bits per heavy atom. The Bertz CT molecular complexity index is 1240. The van der Waals surface area contributed by atoms with Gasteiger partial charge in [-0.3, -0.25) is 14.5 Å². The number of benzene rings is 3. The van der Waals surface area contributed by atoms with Crippen LogP contribution in [-0.2, 0) is 11.4 Å². The molecule has 2 amide bonds. The summed E-state index contributed by atoms with van der Waals surface area (Å²) in [5, 5.41) is -0.333. The van der Waals surface area contributed by atoms with Gasteiger partial charge in [0.1, 0.15) is 24.8 Å². The first-order valence-electron chi connectivity index (χ1n) is 10.9. The van der Waals surface area contributed by atoms with Crippen LogP contribution in [0.15, 0.2) is 71.6 Å². The fraction of sp³-hybridized carbons (Fsp3) is 0.185. The number of halogens is 1. The molecule has 1 heterocycles. The van der Waals surface area contributed by atoms with Crippen LogP contribution in [0.1, 0.15) is 16.7 Å². The molecule has 0 atom stereocenters. The first kappa shape index (κ1) is 24.3. The van der Waals surface area contributed by atoms with E-state index in [0.29, 0.717) is 27.7 Å². The third-order valence-electron chi connectivity index (χ3n) is 5.27. The molecule has 0 aliphatic carbocycles. The molecule has 1 aliphatic heterocycles. The maximum absolute atomic E-state index is 13.1. The molecule has 0 N–H and O–H groups in total. The van der Waals surface area contributed by atoms with E-state index >= 15 is 0 Å². The van der Waals surface area contributed by atoms with E-state index in [1.165, 1.54) is 24.1 Å². The summed E-state index contributed by atoms with van der Waals surface area (Å²) < 4.78 is 30.0. The van der Waals surface area contributed by atoms with Gasteiger partial charge in [-0.15, -0.1) is 0 Å². The van der Waals surface area contributed by atoms with Crippen LogP contribution >= 0.6 is 11.8 Å². The van der Waals surface area contributed by atoms with Crippen LogP contribution in [-0.4, -0.2) is 36.3 Å². The molecule has 0 unspecified atom stereocenters. The lowest BCUT2D eigenvalue weighted by molar-refractivity contribution is -0.123. The van der Waals surface area contributed by atoms with Crippen molar-refractivity contribution in [1.82, 2.24) is 4.90 Å². The van der Waals surface area contributed by atoms with Gasteiger partial charge in [-0.05, 0) is 72.3 Å². The number of carbonyl (C=O) groups is 2. The van der Waals surface area contributed by atoms with Gasteiger partial charge in [-0.25, -0.2) is 4.39 Å². The molecule has 3 aromatic rings. The van der Waals surface area contributed by atoms with Crippen molar-refractivity contribution in [3.8, 4) is 17.2 Å². The van der Waals surface area contributed by atoms with Gasteiger partial charge in [0.05, 0.1) is 18.6 Å². The molecule has 35 heavy (non-hydrogen) atoms. The van der Waals surface area contributed by atoms with E-state index in [1.807, 2.05) is 31.2 Å². The Balaban J connectivity index is 1.38. The predicted molar refractivity (Wildman–Crippen MR) is 133 cm³/mol. The second kappa shape index (κ2) is 11.1. The van der Waals surface area contributed by atoms with Crippen molar-refractivity contribution >= 4 is 29.0 Å². The molecule has 0 radical (unpaired) electrons. The van der Waals surface area contributed by atoms with Crippen molar-refractivity contribution < 1.29 is 28.2 Å². The summed E-state index contributed by atoms with van der Waals surface area (Å²) in [5.41, 5.74) is 2.63. The van der Waals surface area contributed by atoms with E-state index < -0.39 is 0 Å². The van der Waals surface area contributed by atoms with Gasteiger partial charge >= 0.3 is 0 Å². The standard InChI is InChI=1S/C27H24FNO5S/c1-18-3-10-22(11-4-18)33-14-13-29-26(30)25(35-27(29)31)16-20-7-12-23(24(15-20)32-2)34-17-19-5-8-21(28)9-6-19/h3-12,15-16H,13-14,17H2,1-2H3/b25-16-. The lowest BCUT2D eigenvalue weighted by Gasteiger charge is -2.13. The van der Waals surface area contributed by atoms with Crippen LogP contribution in [0.25, 0.3) is 6.08 Å². The smallest absolute Gasteiger partial charge is 0.293 e. The molecule has 0 bridgehead atoms. The molecule has 0 saturated carbocycles. The quantitative estimate of drug-likeness (QED) is 0.349. The van der Waals surface area contributed by atoms with Gasteiger partial charge in [-0.2, -0.15) is 0 Å². The number of nitrogens with zero attached hydrogens (tertiary/aromatic N) is 1. The van der Waals surface area contributed by atoms with E-state index in [-0.39, 0.29) is 36.7 Å². The summed E-state index contributed by atoms with van der Waals surface area (Å²) in [7, 11) is 1.52. The van der Waals surface area contributed by atoms with Gasteiger partial charge in [0, 0.05) is 0 Å². The van der Waals surface area contributed by atoms with Gasteiger partial charge < -0.3 is 14.2 Å². The number of imide groups is 1. The Morgan fingerprint density at radius 1 is 0.943 bits per heavy atom. The zero-order chi connectivity index (χ0) is 24.8. The average Bonchev–Trinajstić information content (AvgIpc) is 3.12. The monoisotopic (exact) mass is 493 g/mol. The minimum Gasteiger partial charge on any atom is -0.493 e. The second-order valence-electron chi connectivity index (χ2n) is 7.82. The van der Waals surface area contributed by atoms with Crippen molar-refractivity contribution in [2.75, 3.05) is 20.3 Å². The fourth-order valence-electron chi connectivity index (χ4n) is 3.37. The Kier molecular flexibility index (Phi) is 7.72. The molecule has 8 heteroatoms. The maximum atomic E-state index is 13.1. The highest BCUT2D eigenvalue weighted by Crippen LogP contribution is 2.34. The van der Waals surface area contributed by atoms with Gasteiger partial charge in [0.25, 0.3) is 11.1 Å². The number of carbonyl (C=O) groups excluding carboxylic acids is 2. The lowest BCUT2D eigenvalue weighted by atomic mass is 10.1. The predicted octanol–water partition coefficient (Wildman–Crippen LogP) is 5.84. The summed E-state index contributed by atoms with van der Waals surface area (Å²) in [6, 6.07) is 18.9.